The molecule has 0 bridgehead atoms. The molecular formula is C18H14ClIN4O3S. The Morgan fingerprint density at radius 2 is 2.29 bits per heavy atom. The Labute approximate surface area is 181 Å². The van der Waals surface area contributed by atoms with Crippen LogP contribution in [-0.2, 0) is 4.74 Å². The summed E-state index contributed by atoms with van der Waals surface area (Å²) in [6, 6.07) is 8.97. The minimum Gasteiger partial charge on any atom is -0.464 e. The minimum absolute atomic E-state index is 0.416. The molecule has 0 fully saturated rings. The highest BCUT2D eigenvalue weighted by molar-refractivity contribution is 14.2. The Balaban J connectivity index is 1.62. The number of carbonyl (C=O) groups is 1. The predicted molar refractivity (Wildman–Crippen MR) is 120 cm³/mol. The number of ether oxygens (including phenoxy) is 1. The molecule has 7 nitrogen and oxygen atoms in total. The molecule has 0 spiro atoms. The number of aromatic nitrogens is 1. The number of furan rings is 1. The Morgan fingerprint density at radius 1 is 1.43 bits per heavy atom. The zero-order valence-electron chi connectivity index (χ0n) is 14.5. The summed E-state index contributed by atoms with van der Waals surface area (Å²) in [4.78, 5) is 16.6. The van der Waals surface area contributed by atoms with E-state index < -0.39 is 12.0 Å². The second kappa shape index (κ2) is 8.10. The molecule has 3 aromatic rings. The first-order valence-corrected chi connectivity index (χ1v) is 11.8. The average molecular weight is 529 g/mol. The van der Waals surface area contributed by atoms with E-state index in [9.17, 15) is 4.79 Å². The molecule has 1 atom stereocenters. The highest BCUT2D eigenvalue weighted by atomic mass is 127. The molecule has 28 heavy (non-hydrogen) atoms. The van der Waals surface area contributed by atoms with Crippen LogP contribution in [0.1, 0.15) is 22.1 Å². The molecule has 4 rings (SSSR count). The van der Waals surface area contributed by atoms with Gasteiger partial charge >= 0.3 is 5.97 Å². The van der Waals surface area contributed by atoms with Gasteiger partial charge in [-0.3, -0.25) is 3.97 Å². The number of methoxy groups -OCH3 is 1. The fourth-order valence-electron chi connectivity index (χ4n) is 2.85. The number of benzene rings is 1. The van der Waals surface area contributed by atoms with Crippen LogP contribution in [0.25, 0.3) is 11.0 Å². The first-order chi connectivity index (χ1) is 13.6. The number of esters is 1. The summed E-state index contributed by atoms with van der Waals surface area (Å²) in [6.45, 7) is 0. The van der Waals surface area contributed by atoms with Crippen molar-refractivity contribution in [3.8, 4) is 0 Å². The van der Waals surface area contributed by atoms with Gasteiger partial charge in [0.1, 0.15) is 17.3 Å². The van der Waals surface area contributed by atoms with E-state index in [-0.39, 0.29) is 0 Å². The quantitative estimate of drug-likeness (QED) is 0.364. The van der Waals surface area contributed by atoms with Crippen molar-refractivity contribution in [1.82, 2.24) is 9.29 Å². The molecule has 0 saturated heterocycles. The second-order valence-electron chi connectivity index (χ2n) is 5.90. The standard InChI is InChI=1S/C18H14ClIN4O3S/c1-26-17(25)14-7-11(9-24(14)28-20)16-13(19)8-21-18(23-16)22-12-2-3-15-10(6-12)4-5-27-15/h2-9,16H,1H3,(H2,21,22,23). The molecule has 2 aromatic heterocycles. The van der Waals surface area contributed by atoms with Crippen molar-refractivity contribution in [3.05, 3.63) is 65.3 Å². The van der Waals surface area contributed by atoms with Crippen LogP contribution in [0.3, 0.4) is 0 Å². The summed E-state index contributed by atoms with van der Waals surface area (Å²) in [5, 5.41) is 7.79. The van der Waals surface area contributed by atoms with Crippen molar-refractivity contribution in [2.75, 3.05) is 12.4 Å². The minimum atomic E-state index is -0.434. The predicted octanol–water partition coefficient (Wildman–Crippen LogP) is 5.06. The van der Waals surface area contributed by atoms with E-state index >= 15 is 0 Å². The van der Waals surface area contributed by atoms with Gasteiger partial charge in [0.05, 0.1) is 18.4 Å². The van der Waals surface area contributed by atoms with Crippen LogP contribution in [0.4, 0.5) is 5.69 Å². The van der Waals surface area contributed by atoms with Gasteiger partial charge in [-0.25, -0.2) is 9.79 Å². The molecule has 1 aliphatic rings. The number of hydrogen-bond donors (Lipinski definition) is 2. The normalized spacial score (nSPS) is 16.3. The molecule has 0 aliphatic carbocycles. The molecule has 1 aliphatic heterocycles. The molecule has 10 heteroatoms. The second-order valence-corrected chi connectivity index (χ2v) is 8.05. The van der Waals surface area contributed by atoms with Gasteiger partial charge in [-0.2, -0.15) is 0 Å². The molecule has 2 N–H and O–H groups in total. The van der Waals surface area contributed by atoms with Crippen molar-refractivity contribution in [2.24, 2.45) is 4.99 Å². The molecule has 1 unspecified atom stereocenters. The lowest BCUT2D eigenvalue weighted by Crippen LogP contribution is -2.30. The number of carbonyl (C=O) groups excluding carboxylic acids is 1. The lowest BCUT2D eigenvalue weighted by atomic mass is 10.1. The number of rotatable bonds is 4. The van der Waals surface area contributed by atoms with Crippen molar-refractivity contribution >= 4 is 70.5 Å². The summed E-state index contributed by atoms with van der Waals surface area (Å²) in [6.07, 6.45) is 5.16. The lowest BCUT2D eigenvalue weighted by Gasteiger charge is -2.20. The maximum atomic E-state index is 12.0. The molecule has 1 aromatic carbocycles. The maximum Gasteiger partial charge on any atom is 0.355 e. The van der Waals surface area contributed by atoms with Gasteiger partial charge in [0.15, 0.2) is 0 Å². The van der Waals surface area contributed by atoms with E-state index in [1.165, 1.54) is 16.2 Å². The van der Waals surface area contributed by atoms with Crippen molar-refractivity contribution in [2.45, 2.75) is 6.04 Å². The molecule has 3 heterocycles. The molecular weight excluding hydrogens is 515 g/mol. The third-order valence-corrected chi connectivity index (χ3v) is 6.21. The van der Waals surface area contributed by atoms with Crippen LogP contribution in [-0.4, -0.2) is 23.0 Å². The van der Waals surface area contributed by atoms with Gasteiger partial charge in [-0.05, 0) is 30.3 Å². The lowest BCUT2D eigenvalue weighted by molar-refractivity contribution is 0.0593. The number of hydrogen-bond acceptors (Lipinski definition) is 7. The number of guanidine groups is 1. The highest BCUT2D eigenvalue weighted by Gasteiger charge is 2.24. The van der Waals surface area contributed by atoms with Crippen molar-refractivity contribution < 1.29 is 13.9 Å². The smallest absolute Gasteiger partial charge is 0.355 e. The summed E-state index contributed by atoms with van der Waals surface area (Å²) >= 11 is 8.48. The Kier molecular flexibility index (Phi) is 5.56. The number of nitrogens with zero attached hydrogens (tertiary/aromatic N) is 2. The number of fused-ring (bicyclic) bond motifs is 1. The van der Waals surface area contributed by atoms with Gasteiger partial charge in [-0.15, -0.1) is 0 Å². The Morgan fingerprint density at radius 3 is 3.07 bits per heavy atom. The number of anilines is 1. The third-order valence-electron chi connectivity index (χ3n) is 4.17. The first kappa shape index (κ1) is 19.2. The van der Waals surface area contributed by atoms with E-state index in [1.54, 1.807) is 22.5 Å². The van der Waals surface area contributed by atoms with E-state index in [1.807, 2.05) is 30.5 Å². The third kappa shape index (κ3) is 3.74. The van der Waals surface area contributed by atoms with E-state index in [0.29, 0.717) is 16.7 Å². The van der Waals surface area contributed by atoms with Crippen LogP contribution in [0, 0.1) is 0 Å². The molecule has 144 valence electrons. The van der Waals surface area contributed by atoms with Crippen LogP contribution in [0.5, 0.6) is 0 Å². The van der Waals surface area contributed by atoms with Gasteiger partial charge in [0, 0.05) is 59.4 Å². The Bertz CT molecular complexity index is 1110. The average Bonchev–Trinajstić information content (AvgIpc) is 3.35. The first-order valence-electron chi connectivity index (χ1n) is 8.13. The van der Waals surface area contributed by atoms with Gasteiger partial charge < -0.3 is 19.8 Å². The van der Waals surface area contributed by atoms with Crippen molar-refractivity contribution in [3.63, 3.8) is 0 Å². The van der Waals surface area contributed by atoms with Crippen LogP contribution < -0.4 is 10.6 Å². The molecule has 0 saturated carbocycles. The van der Waals surface area contributed by atoms with Crippen molar-refractivity contribution in [1.29, 1.82) is 0 Å². The summed E-state index contributed by atoms with van der Waals surface area (Å²) < 4.78 is 11.9. The summed E-state index contributed by atoms with van der Waals surface area (Å²) in [5.74, 6) is 0.131. The molecule has 0 radical (unpaired) electrons. The van der Waals surface area contributed by atoms with E-state index in [4.69, 9.17) is 20.8 Å². The maximum absolute atomic E-state index is 12.0. The monoisotopic (exact) mass is 528 g/mol. The largest absolute Gasteiger partial charge is 0.464 e. The van der Waals surface area contributed by atoms with E-state index in [0.717, 1.165) is 22.2 Å². The Hall–Kier alpha value is -2.11. The van der Waals surface area contributed by atoms with Gasteiger partial charge in [-0.1, -0.05) is 11.6 Å². The highest BCUT2D eigenvalue weighted by Crippen LogP contribution is 2.34. The van der Waals surface area contributed by atoms with Crippen LogP contribution in [0.2, 0.25) is 0 Å². The molecule has 0 amide bonds. The summed E-state index contributed by atoms with van der Waals surface area (Å²) in [7, 11) is 2.72. The van der Waals surface area contributed by atoms with E-state index in [2.05, 4.69) is 36.8 Å². The fourth-order valence-corrected chi connectivity index (χ4v) is 4.42. The van der Waals surface area contributed by atoms with Gasteiger partial charge in [0.25, 0.3) is 0 Å². The topological polar surface area (TPSA) is 80.8 Å². The SMILES string of the molecule is COC(=O)c1cc(C2N=C(Nc3ccc4occc4c3)NC=C2Cl)cn1SI. The number of nitrogens with one attached hydrogen (secondary N) is 2. The summed E-state index contributed by atoms with van der Waals surface area (Å²) in [5.41, 5.74) is 2.89. The van der Waals surface area contributed by atoms with Crippen LogP contribution >= 0.6 is 41.9 Å². The fraction of sp³-hybridized carbons (Fsp3) is 0.111. The zero-order valence-corrected chi connectivity index (χ0v) is 18.2. The zero-order chi connectivity index (χ0) is 19.7. The van der Waals surface area contributed by atoms with Crippen LogP contribution in [0.15, 0.2) is 63.4 Å². The number of halogens is 2. The van der Waals surface area contributed by atoms with Gasteiger partial charge in [0.2, 0.25) is 5.96 Å². The number of aliphatic imine (C=N–C) groups is 1.